The van der Waals surface area contributed by atoms with E-state index in [1.807, 2.05) is 56.0 Å². The Kier molecular flexibility index (Phi) is 5.06. The summed E-state index contributed by atoms with van der Waals surface area (Å²) in [6.45, 7) is 8.19. The molecule has 1 aliphatic heterocycles. The van der Waals surface area contributed by atoms with Crippen molar-refractivity contribution in [2.75, 3.05) is 26.2 Å². The van der Waals surface area contributed by atoms with E-state index in [0.29, 0.717) is 26.2 Å². The minimum atomic E-state index is -0.379. The maximum atomic E-state index is 12.2. The third-order valence-electron chi connectivity index (χ3n) is 3.67. The summed E-state index contributed by atoms with van der Waals surface area (Å²) in [4.78, 5) is 27.7. The minimum Gasteiger partial charge on any atom is -0.445 e. The molecular weight excluding hydrogens is 280 g/mol. The predicted octanol–water partition coefficient (Wildman–Crippen LogP) is 2.51. The first-order chi connectivity index (χ1) is 10.4. The summed E-state index contributed by atoms with van der Waals surface area (Å²) < 4.78 is 5.31. The van der Waals surface area contributed by atoms with Gasteiger partial charge in [0.05, 0.1) is 0 Å². The fraction of sp³-hybridized carbons (Fsp3) is 0.529. The molecule has 0 spiro atoms. The Morgan fingerprint density at radius 3 is 2.09 bits per heavy atom. The van der Waals surface area contributed by atoms with Gasteiger partial charge in [-0.05, 0) is 5.56 Å². The second-order valence-electron chi connectivity index (χ2n) is 6.57. The van der Waals surface area contributed by atoms with Gasteiger partial charge in [-0.3, -0.25) is 4.79 Å². The van der Waals surface area contributed by atoms with Crippen LogP contribution >= 0.6 is 0 Å². The van der Waals surface area contributed by atoms with E-state index in [-0.39, 0.29) is 24.0 Å². The van der Waals surface area contributed by atoms with E-state index < -0.39 is 0 Å². The minimum absolute atomic E-state index is 0.129. The molecule has 1 heterocycles. The molecule has 2 amide bonds. The van der Waals surface area contributed by atoms with Crippen molar-refractivity contribution in [3.8, 4) is 0 Å². The van der Waals surface area contributed by atoms with Crippen LogP contribution in [-0.4, -0.2) is 48.0 Å². The van der Waals surface area contributed by atoms with E-state index in [2.05, 4.69) is 0 Å². The van der Waals surface area contributed by atoms with Gasteiger partial charge in [0.2, 0.25) is 5.91 Å². The van der Waals surface area contributed by atoms with Gasteiger partial charge < -0.3 is 14.5 Å². The Morgan fingerprint density at radius 2 is 1.55 bits per heavy atom. The van der Waals surface area contributed by atoms with Crippen LogP contribution in [0, 0.1) is 5.41 Å². The average molecular weight is 304 g/mol. The summed E-state index contributed by atoms with van der Waals surface area (Å²) in [6.07, 6.45) is -0.313. The standard InChI is InChI=1S/C17H24N2O3/c1-17(2,3)15(20)18-9-11-19(12-10-18)16(21)22-13-14-7-5-4-6-8-14/h4-8H,9-13H2,1-3H3. The molecule has 1 saturated heterocycles. The van der Waals surface area contributed by atoms with Crippen LogP contribution in [0.5, 0.6) is 0 Å². The largest absolute Gasteiger partial charge is 0.445 e. The number of ether oxygens (including phenoxy) is 1. The van der Waals surface area contributed by atoms with Crippen molar-refractivity contribution in [1.29, 1.82) is 0 Å². The number of hydrogen-bond acceptors (Lipinski definition) is 3. The van der Waals surface area contributed by atoms with Crippen molar-refractivity contribution in [2.45, 2.75) is 27.4 Å². The van der Waals surface area contributed by atoms with Gasteiger partial charge in [-0.1, -0.05) is 51.1 Å². The third-order valence-corrected chi connectivity index (χ3v) is 3.67. The lowest BCUT2D eigenvalue weighted by atomic mass is 9.94. The summed E-state index contributed by atoms with van der Waals surface area (Å²) in [6, 6.07) is 9.61. The lowest BCUT2D eigenvalue weighted by molar-refractivity contribution is -0.141. The highest BCUT2D eigenvalue weighted by Crippen LogP contribution is 2.18. The molecule has 0 radical (unpaired) electrons. The van der Waals surface area contributed by atoms with Crippen molar-refractivity contribution >= 4 is 12.0 Å². The van der Waals surface area contributed by atoms with Crippen molar-refractivity contribution < 1.29 is 14.3 Å². The van der Waals surface area contributed by atoms with Crippen LogP contribution in [0.3, 0.4) is 0 Å². The van der Waals surface area contributed by atoms with Crippen molar-refractivity contribution in [3.05, 3.63) is 35.9 Å². The summed E-state index contributed by atoms with van der Waals surface area (Å²) in [5.41, 5.74) is 0.591. The summed E-state index contributed by atoms with van der Waals surface area (Å²) in [5, 5.41) is 0. The van der Waals surface area contributed by atoms with E-state index in [0.717, 1.165) is 5.56 Å². The fourth-order valence-electron chi connectivity index (χ4n) is 2.38. The number of carbonyl (C=O) groups excluding carboxylic acids is 2. The molecular formula is C17H24N2O3. The lowest BCUT2D eigenvalue weighted by Gasteiger charge is -2.37. The van der Waals surface area contributed by atoms with Crippen LogP contribution in [0.1, 0.15) is 26.3 Å². The topological polar surface area (TPSA) is 49.9 Å². The number of rotatable bonds is 2. The zero-order valence-corrected chi connectivity index (χ0v) is 13.5. The van der Waals surface area contributed by atoms with Crippen molar-refractivity contribution in [3.63, 3.8) is 0 Å². The SMILES string of the molecule is CC(C)(C)C(=O)N1CCN(C(=O)OCc2ccccc2)CC1. The van der Waals surface area contributed by atoms with E-state index in [9.17, 15) is 9.59 Å². The number of benzene rings is 1. The van der Waals surface area contributed by atoms with Gasteiger partial charge in [-0.15, -0.1) is 0 Å². The molecule has 22 heavy (non-hydrogen) atoms. The fourth-order valence-corrected chi connectivity index (χ4v) is 2.38. The normalized spacial score (nSPS) is 15.6. The van der Waals surface area contributed by atoms with Crippen LogP contribution in [0.4, 0.5) is 4.79 Å². The highest BCUT2D eigenvalue weighted by molar-refractivity contribution is 5.81. The predicted molar refractivity (Wildman–Crippen MR) is 84.2 cm³/mol. The molecule has 0 unspecified atom stereocenters. The molecule has 0 atom stereocenters. The first-order valence-corrected chi connectivity index (χ1v) is 7.63. The zero-order valence-electron chi connectivity index (χ0n) is 13.5. The molecule has 1 aliphatic rings. The van der Waals surface area contributed by atoms with E-state index >= 15 is 0 Å². The number of carbonyl (C=O) groups is 2. The maximum Gasteiger partial charge on any atom is 0.410 e. The number of piperazine rings is 1. The van der Waals surface area contributed by atoms with E-state index in [1.165, 1.54) is 0 Å². The van der Waals surface area contributed by atoms with Gasteiger partial charge in [0.15, 0.2) is 0 Å². The van der Waals surface area contributed by atoms with Gasteiger partial charge in [-0.25, -0.2) is 4.79 Å². The summed E-state index contributed by atoms with van der Waals surface area (Å²) >= 11 is 0. The second kappa shape index (κ2) is 6.81. The Balaban J connectivity index is 1.79. The molecule has 5 nitrogen and oxygen atoms in total. The molecule has 1 fully saturated rings. The highest BCUT2D eigenvalue weighted by Gasteiger charge is 2.31. The summed E-state index contributed by atoms with van der Waals surface area (Å²) in [5.74, 6) is 0.129. The van der Waals surface area contributed by atoms with Gasteiger partial charge >= 0.3 is 6.09 Å². The lowest BCUT2D eigenvalue weighted by Crippen LogP contribution is -2.53. The molecule has 1 aromatic rings. The van der Waals surface area contributed by atoms with Crippen LogP contribution in [-0.2, 0) is 16.1 Å². The second-order valence-corrected chi connectivity index (χ2v) is 6.57. The van der Waals surface area contributed by atoms with Crippen LogP contribution in [0.25, 0.3) is 0 Å². The first-order valence-electron chi connectivity index (χ1n) is 7.63. The smallest absolute Gasteiger partial charge is 0.410 e. The van der Waals surface area contributed by atoms with E-state index in [4.69, 9.17) is 4.74 Å². The first kappa shape index (κ1) is 16.3. The Bertz CT molecular complexity index is 514. The van der Waals surface area contributed by atoms with Crippen molar-refractivity contribution in [2.24, 2.45) is 5.41 Å². The average Bonchev–Trinajstić information content (AvgIpc) is 2.52. The maximum absolute atomic E-state index is 12.2. The zero-order chi connectivity index (χ0) is 16.2. The molecule has 120 valence electrons. The van der Waals surface area contributed by atoms with E-state index in [1.54, 1.807) is 4.90 Å². The van der Waals surface area contributed by atoms with Crippen LogP contribution in [0.15, 0.2) is 30.3 Å². The van der Waals surface area contributed by atoms with Crippen molar-refractivity contribution in [1.82, 2.24) is 9.80 Å². The molecule has 0 N–H and O–H groups in total. The van der Waals surface area contributed by atoms with Gasteiger partial charge in [0.25, 0.3) is 0 Å². The molecule has 5 heteroatoms. The molecule has 0 saturated carbocycles. The molecule has 2 rings (SSSR count). The third kappa shape index (κ3) is 4.23. The van der Waals surface area contributed by atoms with Gasteiger partial charge in [0, 0.05) is 31.6 Å². The number of hydrogen-bond donors (Lipinski definition) is 0. The number of nitrogens with zero attached hydrogens (tertiary/aromatic N) is 2. The quantitative estimate of drug-likeness (QED) is 0.843. The molecule has 0 aromatic heterocycles. The van der Waals surface area contributed by atoms with Gasteiger partial charge in [0.1, 0.15) is 6.61 Å². The highest BCUT2D eigenvalue weighted by atomic mass is 16.6. The monoisotopic (exact) mass is 304 g/mol. The Hall–Kier alpha value is -2.04. The Labute approximate surface area is 131 Å². The molecule has 0 bridgehead atoms. The van der Waals surface area contributed by atoms with Crippen LogP contribution in [0.2, 0.25) is 0 Å². The molecule has 1 aromatic carbocycles. The summed E-state index contributed by atoms with van der Waals surface area (Å²) in [7, 11) is 0. The number of amides is 2. The van der Waals surface area contributed by atoms with Gasteiger partial charge in [-0.2, -0.15) is 0 Å². The molecule has 0 aliphatic carbocycles. The Morgan fingerprint density at radius 1 is 1.00 bits per heavy atom. The van der Waals surface area contributed by atoms with Crippen LogP contribution < -0.4 is 0 Å².